The first kappa shape index (κ1) is 14.7. The van der Waals surface area contributed by atoms with Crippen molar-refractivity contribution in [3.05, 3.63) is 56.0 Å². The van der Waals surface area contributed by atoms with Crippen LogP contribution in [0.2, 0.25) is 20.1 Å². The number of carboxylic acid groups (broad SMARTS) is 1. The van der Waals surface area contributed by atoms with Gasteiger partial charge in [0.25, 0.3) is 0 Å². The monoisotopic (exact) mass is 358 g/mol. The second-order valence-electron chi connectivity index (χ2n) is 4.50. The van der Waals surface area contributed by atoms with Gasteiger partial charge in [-0.05, 0) is 40.4 Å². The standard InChI is InChI=1S/C15H6Cl4O2/c16-11-2-1-6-7-4-12(17)13(18)5-8(7)10(15(20)21)3-9(6)14(11)19/h1-5H,(H,20,21). The normalized spacial score (nSPS) is 11.2. The number of aromatic carboxylic acids is 1. The molecule has 0 fully saturated rings. The van der Waals surface area contributed by atoms with Crippen molar-refractivity contribution in [2.45, 2.75) is 0 Å². The maximum Gasteiger partial charge on any atom is 0.336 e. The summed E-state index contributed by atoms with van der Waals surface area (Å²) in [7, 11) is 0. The van der Waals surface area contributed by atoms with Gasteiger partial charge in [-0.1, -0.05) is 52.5 Å². The van der Waals surface area contributed by atoms with Gasteiger partial charge in [-0.25, -0.2) is 4.79 Å². The molecule has 1 N–H and O–H groups in total. The lowest BCUT2D eigenvalue weighted by molar-refractivity contribution is 0.0699. The van der Waals surface area contributed by atoms with E-state index in [2.05, 4.69) is 0 Å². The van der Waals surface area contributed by atoms with Crippen molar-refractivity contribution in [3.63, 3.8) is 0 Å². The molecule has 106 valence electrons. The molecule has 0 aliphatic carbocycles. The third kappa shape index (κ3) is 2.33. The van der Waals surface area contributed by atoms with E-state index >= 15 is 0 Å². The van der Waals surface area contributed by atoms with Crippen LogP contribution in [0.4, 0.5) is 0 Å². The Labute approximate surface area is 139 Å². The van der Waals surface area contributed by atoms with Crippen molar-refractivity contribution in [3.8, 4) is 0 Å². The third-order valence-corrected chi connectivity index (χ3v) is 4.83. The van der Waals surface area contributed by atoms with Gasteiger partial charge in [0, 0.05) is 5.39 Å². The van der Waals surface area contributed by atoms with Crippen LogP contribution in [0, 0.1) is 0 Å². The highest BCUT2D eigenvalue weighted by atomic mass is 35.5. The zero-order valence-electron chi connectivity index (χ0n) is 10.3. The lowest BCUT2D eigenvalue weighted by Gasteiger charge is -2.11. The van der Waals surface area contributed by atoms with Crippen molar-refractivity contribution in [1.29, 1.82) is 0 Å². The molecule has 3 aromatic carbocycles. The molecule has 0 saturated carbocycles. The Bertz CT molecular complexity index is 919. The van der Waals surface area contributed by atoms with Gasteiger partial charge in [-0.3, -0.25) is 0 Å². The number of hydrogen-bond donors (Lipinski definition) is 1. The van der Waals surface area contributed by atoms with E-state index in [0.717, 1.165) is 5.39 Å². The Morgan fingerprint density at radius 3 is 2.00 bits per heavy atom. The minimum Gasteiger partial charge on any atom is -0.478 e. The summed E-state index contributed by atoms with van der Waals surface area (Å²) in [5, 5.41) is 13.2. The summed E-state index contributed by atoms with van der Waals surface area (Å²) >= 11 is 24.2. The summed E-state index contributed by atoms with van der Waals surface area (Å²) in [6.07, 6.45) is 0. The first-order valence-corrected chi connectivity index (χ1v) is 7.34. The fraction of sp³-hybridized carbons (Fsp3) is 0. The number of halogens is 4. The Morgan fingerprint density at radius 2 is 1.38 bits per heavy atom. The van der Waals surface area contributed by atoms with Crippen LogP contribution in [0.5, 0.6) is 0 Å². The second-order valence-corrected chi connectivity index (χ2v) is 6.10. The number of rotatable bonds is 1. The Kier molecular flexibility index (Phi) is 3.66. The average Bonchev–Trinajstić information content (AvgIpc) is 2.43. The van der Waals surface area contributed by atoms with Crippen LogP contribution in [0.1, 0.15) is 10.4 Å². The summed E-state index contributed by atoms with van der Waals surface area (Å²) in [6.45, 7) is 0. The van der Waals surface area contributed by atoms with E-state index in [9.17, 15) is 9.90 Å². The Balaban J connectivity index is 2.62. The van der Waals surface area contributed by atoms with E-state index in [0.29, 0.717) is 36.2 Å². The molecular weight excluding hydrogens is 354 g/mol. The summed E-state index contributed by atoms with van der Waals surface area (Å²) in [6, 6.07) is 8.12. The van der Waals surface area contributed by atoms with Gasteiger partial charge < -0.3 is 5.11 Å². The van der Waals surface area contributed by atoms with Gasteiger partial charge in [-0.2, -0.15) is 0 Å². The van der Waals surface area contributed by atoms with Crippen LogP contribution in [0.25, 0.3) is 21.5 Å². The highest BCUT2D eigenvalue weighted by Crippen LogP contribution is 2.39. The molecule has 3 aromatic rings. The highest BCUT2D eigenvalue weighted by Gasteiger charge is 2.16. The molecule has 0 spiro atoms. The van der Waals surface area contributed by atoms with Crippen LogP contribution in [-0.2, 0) is 0 Å². The van der Waals surface area contributed by atoms with Gasteiger partial charge in [0.15, 0.2) is 0 Å². The summed E-state index contributed by atoms with van der Waals surface area (Å²) in [4.78, 5) is 11.5. The molecule has 2 nitrogen and oxygen atoms in total. The zero-order valence-corrected chi connectivity index (χ0v) is 13.3. The van der Waals surface area contributed by atoms with E-state index in [1.165, 1.54) is 6.07 Å². The van der Waals surface area contributed by atoms with Gasteiger partial charge in [0.05, 0.1) is 25.7 Å². The van der Waals surface area contributed by atoms with Crippen LogP contribution in [0.3, 0.4) is 0 Å². The smallest absolute Gasteiger partial charge is 0.336 e. The fourth-order valence-corrected chi connectivity index (χ4v) is 3.05. The summed E-state index contributed by atoms with van der Waals surface area (Å²) in [5.74, 6) is -1.07. The lowest BCUT2D eigenvalue weighted by Crippen LogP contribution is -1.98. The number of carboxylic acids is 1. The minimum atomic E-state index is -1.07. The van der Waals surface area contributed by atoms with Crippen LogP contribution >= 0.6 is 46.4 Å². The van der Waals surface area contributed by atoms with E-state index < -0.39 is 5.97 Å². The highest BCUT2D eigenvalue weighted by molar-refractivity contribution is 6.46. The SMILES string of the molecule is O=C(O)c1cc2c(Cl)c(Cl)ccc2c2cc(Cl)c(Cl)cc12. The molecule has 6 heteroatoms. The average molecular weight is 360 g/mol. The molecule has 0 atom stereocenters. The first-order chi connectivity index (χ1) is 9.90. The van der Waals surface area contributed by atoms with Crippen molar-refractivity contribution >= 4 is 73.9 Å². The quantitative estimate of drug-likeness (QED) is 0.517. The molecule has 0 amide bonds. The van der Waals surface area contributed by atoms with E-state index in [4.69, 9.17) is 46.4 Å². The summed E-state index contributed by atoms with van der Waals surface area (Å²) in [5.41, 5.74) is 0.0974. The maximum absolute atomic E-state index is 11.5. The van der Waals surface area contributed by atoms with Crippen LogP contribution in [-0.4, -0.2) is 11.1 Å². The first-order valence-electron chi connectivity index (χ1n) is 5.83. The summed E-state index contributed by atoms with van der Waals surface area (Å²) < 4.78 is 0. The van der Waals surface area contributed by atoms with Gasteiger partial charge in [0.2, 0.25) is 0 Å². The van der Waals surface area contributed by atoms with Gasteiger partial charge in [-0.15, -0.1) is 0 Å². The molecule has 21 heavy (non-hydrogen) atoms. The topological polar surface area (TPSA) is 37.3 Å². The van der Waals surface area contributed by atoms with E-state index in [1.807, 2.05) is 0 Å². The second kappa shape index (κ2) is 5.22. The number of hydrogen-bond acceptors (Lipinski definition) is 1. The minimum absolute atomic E-state index is 0.0974. The van der Waals surface area contributed by atoms with Crippen molar-refractivity contribution in [1.82, 2.24) is 0 Å². The molecular formula is C15H6Cl4O2. The van der Waals surface area contributed by atoms with Crippen molar-refractivity contribution in [2.24, 2.45) is 0 Å². The lowest BCUT2D eigenvalue weighted by atomic mass is 9.97. The molecule has 0 bridgehead atoms. The van der Waals surface area contributed by atoms with Crippen molar-refractivity contribution < 1.29 is 9.90 Å². The molecule has 0 aliphatic rings. The number of carbonyl (C=O) groups is 1. The molecule has 0 saturated heterocycles. The molecule has 0 heterocycles. The molecule has 0 aromatic heterocycles. The van der Waals surface area contributed by atoms with Crippen molar-refractivity contribution in [2.75, 3.05) is 0 Å². The maximum atomic E-state index is 11.5. The van der Waals surface area contributed by atoms with Crippen LogP contribution < -0.4 is 0 Å². The zero-order chi connectivity index (χ0) is 15.3. The number of benzene rings is 3. The Hall–Kier alpha value is -1.19. The fourth-order valence-electron chi connectivity index (χ4n) is 2.33. The molecule has 3 rings (SSSR count). The molecule has 0 unspecified atom stereocenters. The molecule has 0 radical (unpaired) electrons. The number of fused-ring (bicyclic) bond motifs is 3. The Morgan fingerprint density at radius 1 is 0.762 bits per heavy atom. The predicted molar refractivity (Wildman–Crippen MR) is 88.5 cm³/mol. The van der Waals surface area contributed by atoms with Crippen LogP contribution in [0.15, 0.2) is 30.3 Å². The van der Waals surface area contributed by atoms with E-state index in [1.54, 1.807) is 24.3 Å². The van der Waals surface area contributed by atoms with Gasteiger partial charge >= 0.3 is 5.97 Å². The predicted octanol–water partition coefficient (Wildman–Crippen LogP) is 6.30. The third-order valence-electron chi connectivity index (χ3n) is 3.29. The van der Waals surface area contributed by atoms with E-state index in [-0.39, 0.29) is 5.56 Å². The largest absolute Gasteiger partial charge is 0.478 e. The van der Waals surface area contributed by atoms with Gasteiger partial charge in [0.1, 0.15) is 0 Å². The molecule has 0 aliphatic heterocycles.